The smallest absolute Gasteiger partial charge is 0.322 e. The zero-order valence-corrected chi connectivity index (χ0v) is 11.4. The van der Waals surface area contributed by atoms with Crippen LogP contribution in [0.2, 0.25) is 0 Å². The number of primary amides is 1. The van der Waals surface area contributed by atoms with Gasteiger partial charge in [0, 0.05) is 17.8 Å². The van der Waals surface area contributed by atoms with Crippen molar-refractivity contribution >= 4 is 32.9 Å². The maximum absolute atomic E-state index is 12.2. The van der Waals surface area contributed by atoms with E-state index in [9.17, 15) is 18.0 Å². The number of carbonyl (C=O) groups excluding carboxylic acids is 1. The minimum Gasteiger partial charge on any atom is -0.480 e. The van der Waals surface area contributed by atoms with E-state index < -0.39 is 34.4 Å². The number of fused-ring (bicyclic) bond motifs is 1. The number of hydrogen-bond donors (Lipinski definition) is 4. The Labute approximate surface area is 119 Å². The van der Waals surface area contributed by atoms with Gasteiger partial charge >= 0.3 is 5.97 Å². The molecule has 112 valence electrons. The number of nitrogens with one attached hydrogen (secondary N) is 2. The minimum absolute atomic E-state index is 0.152. The summed E-state index contributed by atoms with van der Waals surface area (Å²) in [5, 5.41) is 9.25. The molecule has 21 heavy (non-hydrogen) atoms. The van der Waals surface area contributed by atoms with Gasteiger partial charge in [0.25, 0.3) is 0 Å². The van der Waals surface area contributed by atoms with Gasteiger partial charge in [0.05, 0.1) is 6.42 Å². The summed E-state index contributed by atoms with van der Waals surface area (Å²) in [5.41, 5.74) is 5.25. The van der Waals surface area contributed by atoms with Crippen LogP contribution < -0.4 is 10.5 Å². The van der Waals surface area contributed by atoms with E-state index in [1.54, 1.807) is 6.07 Å². The Morgan fingerprint density at radius 2 is 2.19 bits per heavy atom. The van der Waals surface area contributed by atoms with Crippen LogP contribution in [0, 0.1) is 0 Å². The van der Waals surface area contributed by atoms with Gasteiger partial charge in [0.15, 0.2) is 0 Å². The molecule has 2 rings (SSSR count). The van der Waals surface area contributed by atoms with Gasteiger partial charge in [-0.15, -0.1) is 0 Å². The average Bonchev–Trinajstić information content (AvgIpc) is 2.81. The molecule has 0 saturated heterocycles. The first kappa shape index (κ1) is 14.9. The Hall–Kier alpha value is -2.46. The van der Waals surface area contributed by atoms with E-state index in [2.05, 4.69) is 9.97 Å². The highest BCUT2D eigenvalue weighted by molar-refractivity contribution is 7.89. The Morgan fingerprint density at radius 3 is 2.81 bits per heavy atom. The first-order valence-corrected chi connectivity index (χ1v) is 7.25. The number of rotatable bonds is 6. The van der Waals surface area contributed by atoms with Gasteiger partial charge in [0.2, 0.25) is 15.9 Å². The molecule has 2 heterocycles. The molecule has 1 unspecified atom stereocenters. The van der Waals surface area contributed by atoms with Gasteiger partial charge in [-0.1, -0.05) is 0 Å². The number of H-pyrrole nitrogens is 1. The number of carbonyl (C=O) groups is 2. The second kappa shape index (κ2) is 5.50. The molecule has 2 aromatic rings. The molecule has 0 fully saturated rings. The lowest BCUT2D eigenvalue weighted by molar-refractivity contribution is -0.140. The molecule has 10 heteroatoms. The van der Waals surface area contributed by atoms with Crippen molar-refractivity contribution in [2.75, 3.05) is 0 Å². The van der Waals surface area contributed by atoms with Crippen LogP contribution in [-0.4, -0.2) is 41.4 Å². The largest absolute Gasteiger partial charge is 0.480 e. The first-order chi connectivity index (χ1) is 9.81. The van der Waals surface area contributed by atoms with Crippen LogP contribution in [0.25, 0.3) is 11.0 Å². The van der Waals surface area contributed by atoms with Crippen LogP contribution >= 0.6 is 0 Å². The molecular formula is C11H12N4O5S. The van der Waals surface area contributed by atoms with Gasteiger partial charge in [-0.3, -0.25) is 9.59 Å². The highest BCUT2D eigenvalue weighted by atomic mass is 32.2. The molecule has 1 amide bonds. The third-order valence-electron chi connectivity index (χ3n) is 2.70. The van der Waals surface area contributed by atoms with Gasteiger partial charge in [0.1, 0.15) is 16.6 Å². The number of aromatic nitrogens is 2. The van der Waals surface area contributed by atoms with Crippen LogP contribution in [0.4, 0.5) is 0 Å². The van der Waals surface area contributed by atoms with Crippen LogP contribution in [0.15, 0.2) is 29.4 Å². The van der Waals surface area contributed by atoms with Gasteiger partial charge in [-0.05, 0) is 12.1 Å². The summed E-state index contributed by atoms with van der Waals surface area (Å²) in [4.78, 5) is 28.3. The monoisotopic (exact) mass is 312 g/mol. The second-order valence-electron chi connectivity index (χ2n) is 4.24. The maximum atomic E-state index is 12.2. The SMILES string of the molecule is NC(=O)CC(NS(=O)(=O)c1c[nH]c2ncccc12)C(=O)O. The quantitative estimate of drug-likeness (QED) is 0.545. The highest BCUT2D eigenvalue weighted by Gasteiger charge is 2.28. The molecule has 9 nitrogen and oxygen atoms in total. The van der Waals surface area contributed by atoms with E-state index >= 15 is 0 Å². The van der Waals surface area contributed by atoms with Crippen molar-refractivity contribution < 1.29 is 23.1 Å². The number of carboxylic acids is 1. The minimum atomic E-state index is -4.14. The summed E-state index contributed by atoms with van der Waals surface area (Å²) in [6, 6.07) is 1.44. The summed E-state index contributed by atoms with van der Waals surface area (Å²) in [6.07, 6.45) is 2.04. The number of aliphatic carboxylic acids is 1. The van der Waals surface area contributed by atoms with E-state index in [1.807, 2.05) is 4.72 Å². The van der Waals surface area contributed by atoms with Crippen molar-refractivity contribution in [3.8, 4) is 0 Å². The van der Waals surface area contributed by atoms with Gasteiger partial charge in [-0.2, -0.15) is 4.72 Å². The van der Waals surface area contributed by atoms with Crippen LogP contribution in [0.5, 0.6) is 0 Å². The number of hydrogen-bond acceptors (Lipinski definition) is 5. The fourth-order valence-electron chi connectivity index (χ4n) is 1.78. The molecule has 0 radical (unpaired) electrons. The highest BCUT2D eigenvalue weighted by Crippen LogP contribution is 2.21. The standard InChI is InChI=1S/C11H12N4O5S/c12-9(16)4-7(11(17)18)15-21(19,20)8-5-14-10-6(8)2-1-3-13-10/h1-3,5,7,15H,4H2,(H2,12,16)(H,13,14)(H,17,18). The first-order valence-electron chi connectivity index (χ1n) is 5.77. The van der Waals surface area contributed by atoms with Crippen LogP contribution in [-0.2, 0) is 19.6 Å². The zero-order valence-electron chi connectivity index (χ0n) is 10.6. The van der Waals surface area contributed by atoms with Crippen molar-refractivity contribution in [2.45, 2.75) is 17.4 Å². The predicted octanol–water partition coefficient (Wildman–Crippen LogP) is -0.830. The number of sulfonamides is 1. The van der Waals surface area contributed by atoms with E-state index in [-0.39, 0.29) is 4.90 Å². The maximum Gasteiger partial charge on any atom is 0.322 e. The molecule has 1 atom stereocenters. The molecule has 0 aliphatic rings. The topological polar surface area (TPSA) is 155 Å². The fraction of sp³-hybridized carbons (Fsp3) is 0.182. The van der Waals surface area contributed by atoms with Gasteiger partial charge in [-0.25, -0.2) is 13.4 Å². The molecule has 0 aromatic carbocycles. The van der Waals surface area contributed by atoms with Crippen molar-refractivity contribution in [2.24, 2.45) is 5.73 Å². The molecule has 0 aliphatic heterocycles. The normalized spacial score (nSPS) is 13.1. The third-order valence-corrected chi connectivity index (χ3v) is 4.22. The summed E-state index contributed by atoms with van der Waals surface area (Å²) < 4.78 is 26.4. The lowest BCUT2D eigenvalue weighted by Gasteiger charge is -2.12. The number of nitrogens with zero attached hydrogens (tertiary/aromatic N) is 1. The van der Waals surface area contributed by atoms with Crippen molar-refractivity contribution in [3.05, 3.63) is 24.5 Å². The van der Waals surface area contributed by atoms with Crippen LogP contribution in [0.1, 0.15) is 6.42 Å². The molecular weight excluding hydrogens is 300 g/mol. The zero-order chi connectivity index (χ0) is 15.6. The van der Waals surface area contributed by atoms with Crippen molar-refractivity contribution in [1.82, 2.24) is 14.7 Å². The van der Waals surface area contributed by atoms with E-state index in [4.69, 9.17) is 10.8 Å². The summed E-state index contributed by atoms with van der Waals surface area (Å²) in [6.45, 7) is 0. The second-order valence-corrected chi connectivity index (χ2v) is 5.92. The Balaban J connectivity index is 2.37. The van der Waals surface area contributed by atoms with Gasteiger partial charge < -0.3 is 15.8 Å². The molecule has 0 spiro atoms. The summed E-state index contributed by atoms with van der Waals surface area (Å²) in [7, 11) is -4.14. The van der Waals surface area contributed by atoms with Crippen molar-refractivity contribution in [1.29, 1.82) is 0 Å². The van der Waals surface area contributed by atoms with Crippen molar-refractivity contribution in [3.63, 3.8) is 0 Å². The number of nitrogens with two attached hydrogens (primary N) is 1. The Morgan fingerprint density at radius 1 is 1.48 bits per heavy atom. The molecule has 0 bridgehead atoms. The Kier molecular flexibility index (Phi) is 3.91. The number of amides is 1. The summed E-state index contributed by atoms with van der Waals surface area (Å²) >= 11 is 0. The van der Waals surface area contributed by atoms with E-state index in [0.717, 1.165) is 0 Å². The fourth-order valence-corrected chi connectivity index (χ4v) is 3.14. The number of aromatic amines is 1. The molecule has 0 aliphatic carbocycles. The number of pyridine rings is 1. The predicted molar refractivity (Wildman–Crippen MR) is 71.7 cm³/mol. The number of carboxylic acid groups (broad SMARTS) is 1. The molecule has 5 N–H and O–H groups in total. The lowest BCUT2D eigenvalue weighted by Crippen LogP contribution is -2.43. The Bertz CT molecular complexity index is 798. The third kappa shape index (κ3) is 3.17. The van der Waals surface area contributed by atoms with E-state index in [0.29, 0.717) is 11.0 Å². The average molecular weight is 312 g/mol. The van der Waals surface area contributed by atoms with E-state index in [1.165, 1.54) is 18.5 Å². The van der Waals surface area contributed by atoms with Crippen LogP contribution in [0.3, 0.4) is 0 Å². The molecule has 0 saturated carbocycles. The molecule has 2 aromatic heterocycles. The summed E-state index contributed by atoms with van der Waals surface area (Å²) in [5.74, 6) is -2.42. The lowest BCUT2D eigenvalue weighted by atomic mass is 10.2.